The van der Waals surface area contributed by atoms with Crippen LogP contribution < -0.4 is 4.74 Å². The normalized spacial score (nSPS) is 15.5. The summed E-state index contributed by atoms with van der Waals surface area (Å²) in [7, 11) is 0. The van der Waals surface area contributed by atoms with Crippen molar-refractivity contribution in [2.75, 3.05) is 6.61 Å². The number of nitrogens with zero attached hydrogens (tertiary/aromatic N) is 1. The molecule has 1 aliphatic rings. The topological polar surface area (TPSA) is 47.9 Å². The summed E-state index contributed by atoms with van der Waals surface area (Å²) in [6.45, 7) is 4.54. The molecular weight excluding hydrogens is 290 g/mol. The highest BCUT2D eigenvalue weighted by Crippen LogP contribution is 2.21. The number of aliphatic imine (C=N–C) groups is 1. The number of ether oxygens (including phenoxy) is 2. The molecule has 3 rings (SSSR count). The van der Waals surface area contributed by atoms with Gasteiger partial charge in [0, 0.05) is 5.56 Å². The van der Waals surface area contributed by atoms with E-state index < -0.39 is 5.97 Å². The van der Waals surface area contributed by atoms with Crippen LogP contribution in [0.2, 0.25) is 0 Å². The number of esters is 1. The lowest BCUT2D eigenvalue weighted by atomic mass is 10.1. The van der Waals surface area contributed by atoms with Crippen LogP contribution in [0, 0.1) is 6.92 Å². The summed E-state index contributed by atoms with van der Waals surface area (Å²) in [6, 6.07) is 15.2. The van der Waals surface area contributed by atoms with Gasteiger partial charge in [-0.2, -0.15) is 0 Å². The van der Waals surface area contributed by atoms with E-state index in [-0.39, 0.29) is 0 Å². The van der Waals surface area contributed by atoms with E-state index in [9.17, 15) is 4.79 Å². The molecule has 116 valence electrons. The van der Waals surface area contributed by atoms with Crippen LogP contribution in [0.3, 0.4) is 0 Å². The maximum Gasteiger partial charge on any atom is 0.363 e. The minimum Gasteiger partial charge on any atom is -0.494 e. The molecule has 23 heavy (non-hydrogen) atoms. The lowest BCUT2D eigenvalue weighted by molar-refractivity contribution is -0.129. The third-order valence-corrected chi connectivity index (χ3v) is 3.38. The number of hydrogen-bond donors (Lipinski definition) is 0. The molecule has 0 saturated heterocycles. The molecule has 1 heterocycles. The van der Waals surface area contributed by atoms with Crippen LogP contribution in [0.5, 0.6) is 5.75 Å². The van der Waals surface area contributed by atoms with Crippen LogP contribution in [0.25, 0.3) is 6.08 Å². The Morgan fingerprint density at radius 2 is 1.96 bits per heavy atom. The van der Waals surface area contributed by atoms with Crippen LogP contribution in [0.4, 0.5) is 0 Å². The Labute approximate surface area is 135 Å². The van der Waals surface area contributed by atoms with E-state index in [0.29, 0.717) is 18.2 Å². The molecule has 0 radical (unpaired) electrons. The minimum absolute atomic E-state index is 0.305. The van der Waals surface area contributed by atoms with Gasteiger partial charge in [0.05, 0.1) is 6.61 Å². The zero-order valence-electron chi connectivity index (χ0n) is 13.1. The molecular formula is C19H17NO3. The second kappa shape index (κ2) is 6.48. The number of carbonyl (C=O) groups excluding carboxylic acids is 1. The molecule has 0 atom stereocenters. The van der Waals surface area contributed by atoms with E-state index in [4.69, 9.17) is 9.47 Å². The standard InChI is InChI=1S/C19H17NO3/c1-3-22-16-9-7-15(8-10-16)18-20-17(19(21)23-18)12-14-6-4-5-13(2)11-14/h4-12H,3H2,1-2H3/b17-12-. The van der Waals surface area contributed by atoms with E-state index in [1.165, 1.54) is 0 Å². The van der Waals surface area contributed by atoms with Crippen molar-refractivity contribution in [3.8, 4) is 5.75 Å². The fraction of sp³-hybridized carbons (Fsp3) is 0.158. The summed E-state index contributed by atoms with van der Waals surface area (Å²) in [5.41, 5.74) is 3.10. The maximum absolute atomic E-state index is 12.0. The number of benzene rings is 2. The van der Waals surface area contributed by atoms with E-state index in [0.717, 1.165) is 22.4 Å². The Bertz CT molecular complexity index is 789. The van der Waals surface area contributed by atoms with Crippen molar-refractivity contribution in [3.05, 3.63) is 70.9 Å². The molecule has 0 amide bonds. The summed E-state index contributed by atoms with van der Waals surface area (Å²) in [5.74, 6) is 0.657. The Morgan fingerprint density at radius 3 is 2.65 bits per heavy atom. The molecule has 2 aromatic rings. The molecule has 2 aromatic carbocycles. The lowest BCUT2D eigenvalue weighted by Gasteiger charge is -2.03. The third-order valence-electron chi connectivity index (χ3n) is 3.38. The second-order valence-electron chi connectivity index (χ2n) is 5.21. The predicted molar refractivity (Wildman–Crippen MR) is 89.4 cm³/mol. The van der Waals surface area contributed by atoms with Gasteiger partial charge in [-0.3, -0.25) is 0 Å². The first-order chi connectivity index (χ1) is 11.2. The van der Waals surface area contributed by atoms with Crippen molar-refractivity contribution >= 4 is 17.9 Å². The fourth-order valence-corrected chi connectivity index (χ4v) is 2.31. The van der Waals surface area contributed by atoms with Gasteiger partial charge < -0.3 is 9.47 Å². The molecule has 0 bridgehead atoms. The number of rotatable bonds is 4. The van der Waals surface area contributed by atoms with Crippen LogP contribution in [0.1, 0.15) is 23.6 Å². The highest BCUT2D eigenvalue weighted by Gasteiger charge is 2.24. The average molecular weight is 307 g/mol. The first-order valence-electron chi connectivity index (χ1n) is 7.48. The molecule has 4 heteroatoms. The third kappa shape index (κ3) is 3.48. The Kier molecular flexibility index (Phi) is 4.24. The van der Waals surface area contributed by atoms with Crippen molar-refractivity contribution < 1.29 is 14.3 Å². The monoisotopic (exact) mass is 307 g/mol. The lowest BCUT2D eigenvalue weighted by Crippen LogP contribution is -2.05. The van der Waals surface area contributed by atoms with E-state index in [2.05, 4.69) is 4.99 Å². The molecule has 0 aliphatic carbocycles. The van der Waals surface area contributed by atoms with Gasteiger partial charge in [-0.25, -0.2) is 9.79 Å². The highest BCUT2D eigenvalue weighted by molar-refractivity contribution is 6.12. The molecule has 4 nitrogen and oxygen atoms in total. The van der Waals surface area contributed by atoms with Crippen LogP contribution in [-0.4, -0.2) is 18.5 Å². The van der Waals surface area contributed by atoms with Crippen molar-refractivity contribution in [2.24, 2.45) is 4.99 Å². The summed E-state index contributed by atoms with van der Waals surface area (Å²) in [5, 5.41) is 0. The minimum atomic E-state index is -0.435. The number of aryl methyl sites for hydroxylation is 1. The Hall–Kier alpha value is -2.88. The summed E-state index contributed by atoms with van der Waals surface area (Å²) < 4.78 is 10.7. The van der Waals surface area contributed by atoms with Gasteiger partial charge in [0.2, 0.25) is 5.90 Å². The molecule has 0 unspecified atom stereocenters. The Balaban J connectivity index is 1.86. The SMILES string of the molecule is CCOc1ccc(C2=N/C(=C\c3cccc(C)c3)C(=O)O2)cc1. The van der Waals surface area contributed by atoms with Gasteiger partial charge in [0.15, 0.2) is 5.70 Å². The molecule has 0 aromatic heterocycles. The number of carbonyl (C=O) groups is 1. The number of hydrogen-bond acceptors (Lipinski definition) is 4. The predicted octanol–water partition coefficient (Wildman–Crippen LogP) is 3.74. The summed E-state index contributed by atoms with van der Waals surface area (Å²) in [6.07, 6.45) is 1.73. The first kappa shape index (κ1) is 15.0. The molecule has 0 fully saturated rings. The highest BCUT2D eigenvalue weighted by atomic mass is 16.6. The smallest absolute Gasteiger partial charge is 0.363 e. The van der Waals surface area contributed by atoms with Gasteiger partial charge >= 0.3 is 5.97 Å². The van der Waals surface area contributed by atoms with Gasteiger partial charge in [-0.05, 0) is 49.8 Å². The molecule has 0 spiro atoms. The second-order valence-corrected chi connectivity index (χ2v) is 5.21. The van der Waals surface area contributed by atoms with Gasteiger partial charge in [0.1, 0.15) is 5.75 Å². The zero-order chi connectivity index (χ0) is 16.2. The van der Waals surface area contributed by atoms with Crippen molar-refractivity contribution in [1.29, 1.82) is 0 Å². The largest absolute Gasteiger partial charge is 0.494 e. The zero-order valence-corrected chi connectivity index (χ0v) is 13.1. The molecule has 0 N–H and O–H groups in total. The van der Waals surface area contributed by atoms with Crippen molar-refractivity contribution in [3.63, 3.8) is 0 Å². The molecule has 1 aliphatic heterocycles. The number of cyclic esters (lactones) is 1. The summed E-state index contributed by atoms with van der Waals surface area (Å²) in [4.78, 5) is 16.3. The van der Waals surface area contributed by atoms with E-state index >= 15 is 0 Å². The van der Waals surface area contributed by atoms with Gasteiger partial charge in [0.25, 0.3) is 0 Å². The fourth-order valence-electron chi connectivity index (χ4n) is 2.31. The maximum atomic E-state index is 12.0. The average Bonchev–Trinajstić information content (AvgIpc) is 2.89. The van der Waals surface area contributed by atoms with Gasteiger partial charge in [-0.15, -0.1) is 0 Å². The summed E-state index contributed by atoms with van der Waals surface area (Å²) >= 11 is 0. The van der Waals surface area contributed by atoms with Crippen LogP contribution in [0.15, 0.2) is 59.2 Å². The first-order valence-corrected chi connectivity index (χ1v) is 7.48. The molecule has 0 saturated carbocycles. The van der Waals surface area contributed by atoms with E-state index in [1.54, 1.807) is 6.08 Å². The van der Waals surface area contributed by atoms with E-state index in [1.807, 2.05) is 62.4 Å². The van der Waals surface area contributed by atoms with Crippen molar-refractivity contribution in [2.45, 2.75) is 13.8 Å². The van der Waals surface area contributed by atoms with Crippen LogP contribution >= 0.6 is 0 Å². The Morgan fingerprint density at radius 1 is 1.17 bits per heavy atom. The van der Waals surface area contributed by atoms with Gasteiger partial charge in [-0.1, -0.05) is 29.8 Å². The van der Waals surface area contributed by atoms with Crippen LogP contribution in [-0.2, 0) is 9.53 Å². The quantitative estimate of drug-likeness (QED) is 0.638. The van der Waals surface area contributed by atoms with Crippen molar-refractivity contribution in [1.82, 2.24) is 0 Å².